The quantitative estimate of drug-likeness (QED) is 0.721. The fraction of sp³-hybridized carbons (Fsp3) is 0.0500. The van der Waals surface area contributed by atoms with Gasteiger partial charge in [-0.15, -0.1) is 0 Å². The Balaban J connectivity index is 0.000000189. The van der Waals surface area contributed by atoms with Gasteiger partial charge in [0, 0.05) is 0 Å². The monoisotopic (exact) mass is 369 g/mol. The van der Waals surface area contributed by atoms with Crippen LogP contribution in [0.3, 0.4) is 0 Å². The smallest absolute Gasteiger partial charge is 0.418 e. The summed E-state index contributed by atoms with van der Waals surface area (Å²) in [5.41, 5.74) is 3.05. The Morgan fingerprint density at radius 1 is 0.769 bits per heavy atom. The van der Waals surface area contributed by atoms with Crippen molar-refractivity contribution >= 4 is 16.1 Å². The van der Waals surface area contributed by atoms with Gasteiger partial charge in [0.05, 0.1) is 4.90 Å². The van der Waals surface area contributed by atoms with Crippen LogP contribution in [0.1, 0.15) is 5.56 Å². The lowest BCUT2D eigenvalue weighted by Crippen LogP contribution is -2.29. The lowest BCUT2D eigenvalue weighted by molar-refractivity contribution is 0.201. The van der Waals surface area contributed by atoms with Crippen molar-refractivity contribution in [2.75, 3.05) is 0 Å². The highest BCUT2D eigenvalue weighted by atomic mass is 32.2. The van der Waals surface area contributed by atoms with E-state index in [4.69, 9.17) is 5.11 Å². The largest absolute Gasteiger partial charge is 0.464 e. The first-order valence-corrected chi connectivity index (χ1v) is 9.30. The molecule has 2 N–H and O–H groups in total. The van der Waals surface area contributed by atoms with Gasteiger partial charge in [-0.05, 0) is 29.7 Å². The van der Waals surface area contributed by atoms with Crippen LogP contribution in [0.2, 0.25) is 0 Å². The van der Waals surface area contributed by atoms with Gasteiger partial charge in [-0.1, -0.05) is 78.9 Å². The molecule has 3 rings (SSSR count). The third-order valence-electron chi connectivity index (χ3n) is 3.49. The fourth-order valence-electron chi connectivity index (χ4n) is 2.29. The summed E-state index contributed by atoms with van der Waals surface area (Å²) in [6.45, 7) is 1.59. The number of rotatable bonds is 3. The number of hydrogen-bond acceptors (Lipinski definition) is 3. The molecule has 0 heterocycles. The molecular formula is C20H19NO4S. The second-order valence-corrected chi connectivity index (χ2v) is 7.06. The van der Waals surface area contributed by atoms with Crippen molar-refractivity contribution < 1.29 is 18.3 Å². The third kappa shape index (κ3) is 5.46. The molecule has 0 fully saturated rings. The van der Waals surface area contributed by atoms with Gasteiger partial charge in [0.25, 0.3) is 10.0 Å². The molecule has 0 atom stereocenters. The zero-order valence-corrected chi connectivity index (χ0v) is 15.0. The second kappa shape index (κ2) is 8.82. The van der Waals surface area contributed by atoms with Crippen LogP contribution < -0.4 is 4.72 Å². The molecule has 0 saturated carbocycles. The van der Waals surface area contributed by atoms with Gasteiger partial charge >= 0.3 is 6.09 Å². The predicted octanol–water partition coefficient (Wildman–Crippen LogP) is 4.30. The van der Waals surface area contributed by atoms with Crippen molar-refractivity contribution in [3.8, 4) is 11.1 Å². The molecule has 134 valence electrons. The molecule has 1 amide bonds. The minimum Gasteiger partial charge on any atom is -0.464 e. The molecule has 3 aromatic carbocycles. The Morgan fingerprint density at radius 2 is 1.19 bits per heavy atom. The van der Waals surface area contributed by atoms with E-state index < -0.39 is 16.1 Å². The molecule has 26 heavy (non-hydrogen) atoms. The van der Waals surface area contributed by atoms with E-state index in [1.54, 1.807) is 19.1 Å². The summed E-state index contributed by atoms with van der Waals surface area (Å²) in [6, 6.07) is 26.9. The first kappa shape index (κ1) is 19.2. The number of benzene rings is 3. The van der Waals surface area contributed by atoms with Crippen LogP contribution in [0.4, 0.5) is 4.79 Å². The second-order valence-electron chi connectivity index (χ2n) is 5.41. The molecule has 0 bridgehead atoms. The standard InChI is InChI=1S/C12H10.C8H9NO4S/c1-3-7-11(8-4-1)12-9-5-2-6-10-12;1-6-4-2-3-5-7(6)14(12,13)9-8(10)11/h1-10H;2-5,9H,1H3,(H,10,11). The van der Waals surface area contributed by atoms with Crippen LogP contribution >= 0.6 is 0 Å². The molecule has 0 aromatic heterocycles. The van der Waals surface area contributed by atoms with E-state index in [2.05, 4.69) is 48.5 Å². The van der Waals surface area contributed by atoms with E-state index in [1.165, 1.54) is 28.0 Å². The number of amides is 1. The number of hydrogen-bond donors (Lipinski definition) is 2. The maximum atomic E-state index is 11.4. The minimum atomic E-state index is -3.94. The van der Waals surface area contributed by atoms with Crippen LogP contribution in [-0.2, 0) is 10.0 Å². The van der Waals surface area contributed by atoms with Crippen LogP contribution in [0.15, 0.2) is 89.8 Å². The minimum absolute atomic E-state index is 0.0256. The van der Waals surface area contributed by atoms with E-state index in [9.17, 15) is 13.2 Å². The highest BCUT2D eigenvalue weighted by Gasteiger charge is 2.18. The number of carbonyl (C=O) groups is 1. The highest BCUT2D eigenvalue weighted by molar-refractivity contribution is 7.90. The van der Waals surface area contributed by atoms with Crippen molar-refractivity contribution in [3.05, 3.63) is 90.5 Å². The van der Waals surface area contributed by atoms with Gasteiger partial charge in [0.15, 0.2) is 0 Å². The molecule has 0 saturated heterocycles. The number of aryl methyl sites for hydroxylation is 1. The maximum absolute atomic E-state index is 11.4. The number of carboxylic acid groups (broad SMARTS) is 1. The molecule has 0 aliphatic carbocycles. The zero-order valence-electron chi connectivity index (χ0n) is 14.2. The Labute approximate surface area is 153 Å². The average molecular weight is 369 g/mol. The van der Waals surface area contributed by atoms with Crippen molar-refractivity contribution in [1.29, 1.82) is 0 Å². The summed E-state index contributed by atoms with van der Waals surface area (Å²) < 4.78 is 24.2. The van der Waals surface area contributed by atoms with E-state index in [1.807, 2.05) is 12.1 Å². The first-order chi connectivity index (χ1) is 12.4. The number of nitrogens with one attached hydrogen (secondary N) is 1. The summed E-state index contributed by atoms with van der Waals surface area (Å²) in [6.07, 6.45) is -1.59. The lowest BCUT2D eigenvalue weighted by atomic mass is 10.1. The van der Waals surface area contributed by atoms with Crippen LogP contribution in [0.25, 0.3) is 11.1 Å². The Morgan fingerprint density at radius 3 is 1.62 bits per heavy atom. The molecule has 0 aliphatic rings. The molecule has 5 nitrogen and oxygen atoms in total. The summed E-state index contributed by atoms with van der Waals surface area (Å²) in [7, 11) is -3.94. The zero-order chi connectivity index (χ0) is 19.0. The SMILES string of the molecule is Cc1ccccc1S(=O)(=O)NC(=O)O.c1ccc(-c2ccccc2)cc1. The topological polar surface area (TPSA) is 83.5 Å². The van der Waals surface area contributed by atoms with Gasteiger partial charge in [-0.3, -0.25) is 0 Å². The summed E-state index contributed by atoms with van der Waals surface area (Å²) >= 11 is 0. The van der Waals surface area contributed by atoms with E-state index in [-0.39, 0.29) is 4.90 Å². The van der Waals surface area contributed by atoms with Gasteiger partial charge in [0.2, 0.25) is 0 Å². The van der Waals surface area contributed by atoms with E-state index >= 15 is 0 Å². The van der Waals surface area contributed by atoms with Crippen molar-refractivity contribution in [2.45, 2.75) is 11.8 Å². The van der Waals surface area contributed by atoms with Crippen molar-refractivity contribution in [2.24, 2.45) is 0 Å². The molecule has 0 radical (unpaired) electrons. The summed E-state index contributed by atoms with van der Waals surface area (Å²) in [4.78, 5) is 10.2. The van der Waals surface area contributed by atoms with Gasteiger partial charge in [-0.25, -0.2) is 17.9 Å². The first-order valence-electron chi connectivity index (χ1n) is 7.82. The lowest BCUT2D eigenvalue weighted by Gasteiger charge is -2.05. The molecule has 0 aliphatic heterocycles. The van der Waals surface area contributed by atoms with E-state index in [0.717, 1.165) is 0 Å². The molecular weight excluding hydrogens is 350 g/mol. The third-order valence-corrected chi connectivity index (χ3v) is 4.97. The molecule has 6 heteroatoms. The Bertz CT molecular complexity index is 918. The Hall–Kier alpha value is -3.12. The molecule has 0 unspecified atom stereocenters. The Kier molecular flexibility index (Phi) is 6.52. The van der Waals surface area contributed by atoms with Gasteiger partial charge in [0.1, 0.15) is 0 Å². The van der Waals surface area contributed by atoms with Crippen molar-refractivity contribution in [3.63, 3.8) is 0 Å². The maximum Gasteiger partial charge on any atom is 0.418 e. The summed E-state index contributed by atoms with van der Waals surface area (Å²) in [5, 5.41) is 8.31. The van der Waals surface area contributed by atoms with Crippen LogP contribution in [0.5, 0.6) is 0 Å². The molecule has 0 spiro atoms. The highest BCUT2D eigenvalue weighted by Crippen LogP contribution is 2.17. The van der Waals surface area contributed by atoms with Crippen LogP contribution in [-0.4, -0.2) is 19.6 Å². The predicted molar refractivity (Wildman–Crippen MR) is 101 cm³/mol. The normalized spacial score (nSPS) is 10.3. The molecule has 3 aromatic rings. The average Bonchev–Trinajstić information content (AvgIpc) is 2.63. The van der Waals surface area contributed by atoms with Gasteiger partial charge in [-0.2, -0.15) is 0 Å². The van der Waals surface area contributed by atoms with Crippen LogP contribution in [0, 0.1) is 6.92 Å². The van der Waals surface area contributed by atoms with E-state index in [0.29, 0.717) is 5.56 Å². The number of sulfonamides is 1. The van der Waals surface area contributed by atoms with Crippen molar-refractivity contribution in [1.82, 2.24) is 4.72 Å². The van der Waals surface area contributed by atoms with Gasteiger partial charge < -0.3 is 5.11 Å². The fourth-order valence-corrected chi connectivity index (χ4v) is 3.38. The summed E-state index contributed by atoms with van der Waals surface area (Å²) in [5.74, 6) is 0.